The number of aromatic amines is 1. The van der Waals surface area contributed by atoms with Crippen LogP contribution in [-0.2, 0) is 11.3 Å². The Morgan fingerprint density at radius 3 is 2.71 bits per heavy atom. The van der Waals surface area contributed by atoms with Crippen molar-refractivity contribution in [2.75, 3.05) is 20.3 Å². The van der Waals surface area contributed by atoms with E-state index in [4.69, 9.17) is 39.5 Å². The number of benzene rings is 1. The number of pyridine rings is 1. The Labute approximate surface area is 175 Å². The topological polar surface area (TPSA) is 88.2 Å². The SMILES string of the molecule is COCCN(Cc1nc2ccccc2c(=O)[nH]1)C(=O)c1ncc(Cl)c(Cl)c1Cl. The summed E-state index contributed by atoms with van der Waals surface area (Å²) in [4.78, 5) is 37.8. The molecule has 1 amide bonds. The predicted molar refractivity (Wildman–Crippen MR) is 108 cm³/mol. The fourth-order valence-electron chi connectivity index (χ4n) is 2.59. The highest BCUT2D eigenvalue weighted by atomic mass is 35.5. The second-order valence-corrected chi connectivity index (χ2v) is 7.00. The van der Waals surface area contributed by atoms with E-state index in [-0.39, 0.29) is 46.0 Å². The van der Waals surface area contributed by atoms with E-state index in [1.54, 1.807) is 24.3 Å². The van der Waals surface area contributed by atoms with E-state index >= 15 is 0 Å². The number of carbonyl (C=O) groups is 1. The van der Waals surface area contributed by atoms with E-state index in [0.29, 0.717) is 16.7 Å². The summed E-state index contributed by atoms with van der Waals surface area (Å²) in [6.45, 7) is 0.521. The third-order valence-corrected chi connectivity index (χ3v) is 5.22. The lowest BCUT2D eigenvalue weighted by Gasteiger charge is -2.22. The summed E-state index contributed by atoms with van der Waals surface area (Å²) < 4.78 is 5.08. The summed E-state index contributed by atoms with van der Waals surface area (Å²) in [7, 11) is 1.52. The fraction of sp³-hybridized carbons (Fsp3) is 0.222. The van der Waals surface area contributed by atoms with Crippen LogP contribution >= 0.6 is 34.8 Å². The van der Waals surface area contributed by atoms with E-state index < -0.39 is 5.91 Å². The number of amides is 1. The van der Waals surface area contributed by atoms with Crippen molar-refractivity contribution in [1.29, 1.82) is 0 Å². The Kier molecular flexibility index (Phi) is 6.51. The summed E-state index contributed by atoms with van der Waals surface area (Å²) in [5.41, 5.74) is 0.201. The van der Waals surface area contributed by atoms with Gasteiger partial charge in [-0.1, -0.05) is 46.9 Å². The molecule has 0 spiro atoms. The molecule has 0 saturated heterocycles. The van der Waals surface area contributed by atoms with Crippen molar-refractivity contribution in [2.45, 2.75) is 6.54 Å². The largest absolute Gasteiger partial charge is 0.383 e. The van der Waals surface area contributed by atoms with Crippen LogP contribution in [0.5, 0.6) is 0 Å². The second-order valence-electron chi connectivity index (χ2n) is 5.83. The monoisotopic (exact) mass is 440 g/mol. The van der Waals surface area contributed by atoms with E-state index in [1.807, 2.05) is 0 Å². The molecule has 0 aliphatic heterocycles. The first-order chi connectivity index (χ1) is 13.4. The summed E-state index contributed by atoms with van der Waals surface area (Å²) >= 11 is 18.1. The number of nitrogens with one attached hydrogen (secondary N) is 1. The first-order valence-electron chi connectivity index (χ1n) is 8.18. The average Bonchev–Trinajstić information content (AvgIpc) is 2.69. The van der Waals surface area contributed by atoms with Gasteiger partial charge in [-0.3, -0.25) is 9.59 Å². The Morgan fingerprint density at radius 2 is 1.96 bits per heavy atom. The van der Waals surface area contributed by atoms with Gasteiger partial charge in [-0.15, -0.1) is 0 Å². The summed E-state index contributed by atoms with van der Waals surface area (Å²) in [6.07, 6.45) is 1.26. The highest BCUT2D eigenvalue weighted by Gasteiger charge is 2.23. The molecule has 0 aliphatic carbocycles. The smallest absolute Gasteiger partial charge is 0.274 e. The molecule has 0 saturated carbocycles. The van der Waals surface area contributed by atoms with Gasteiger partial charge in [0.2, 0.25) is 0 Å². The first kappa shape index (κ1) is 20.5. The number of hydrogen-bond acceptors (Lipinski definition) is 5. The van der Waals surface area contributed by atoms with Gasteiger partial charge in [-0.2, -0.15) is 0 Å². The molecule has 1 aromatic carbocycles. The number of fused-ring (bicyclic) bond motifs is 1. The number of rotatable bonds is 6. The minimum Gasteiger partial charge on any atom is -0.383 e. The van der Waals surface area contributed by atoms with Crippen LogP contribution in [0, 0.1) is 0 Å². The van der Waals surface area contributed by atoms with Gasteiger partial charge >= 0.3 is 0 Å². The van der Waals surface area contributed by atoms with E-state index in [1.165, 1.54) is 18.2 Å². The third kappa shape index (κ3) is 4.28. The zero-order valence-corrected chi connectivity index (χ0v) is 17.0. The number of halogens is 3. The van der Waals surface area contributed by atoms with E-state index in [9.17, 15) is 9.59 Å². The minimum absolute atomic E-state index is 0.0283. The van der Waals surface area contributed by atoms with Crippen LogP contribution in [0.15, 0.2) is 35.3 Å². The van der Waals surface area contributed by atoms with Crippen LogP contribution in [-0.4, -0.2) is 46.0 Å². The highest BCUT2D eigenvalue weighted by molar-refractivity contribution is 6.48. The molecule has 28 heavy (non-hydrogen) atoms. The van der Waals surface area contributed by atoms with Crippen LogP contribution in [0.25, 0.3) is 10.9 Å². The van der Waals surface area contributed by atoms with Crippen molar-refractivity contribution >= 4 is 51.6 Å². The summed E-state index contributed by atoms with van der Waals surface area (Å²) in [6, 6.07) is 6.95. The van der Waals surface area contributed by atoms with E-state index in [0.717, 1.165) is 0 Å². The van der Waals surface area contributed by atoms with Crippen molar-refractivity contribution < 1.29 is 9.53 Å². The first-order valence-corrected chi connectivity index (χ1v) is 9.31. The van der Waals surface area contributed by atoms with Gasteiger partial charge < -0.3 is 14.6 Å². The molecular weight excluding hydrogens is 427 g/mol. The molecule has 0 bridgehead atoms. The van der Waals surface area contributed by atoms with Gasteiger partial charge in [0.25, 0.3) is 11.5 Å². The van der Waals surface area contributed by atoms with Gasteiger partial charge in [0.05, 0.1) is 39.1 Å². The van der Waals surface area contributed by atoms with Crippen LogP contribution in [0.1, 0.15) is 16.3 Å². The standard InChI is InChI=1S/C18H15Cl3N4O3/c1-28-7-6-25(18(27)16-15(21)14(20)11(19)8-22-16)9-13-23-12-5-3-2-4-10(12)17(26)24-13/h2-5,8H,6-7,9H2,1H3,(H,23,24,26). The van der Waals surface area contributed by atoms with Gasteiger partial charge in [0.15, 0.2) is 0 Å². The molecule has 10 heteroatoms. The van der Waals surface area contributed by atoms with Crippen molar-refractivity contribution in [3.63, 3.8) is 0 Å². The van der Waals surface area contributed by atoms with Crippen LogP contribution in [0.3, 0.4) is 0 Å². The van der Waals surface area contributed by atoms with Gasteiger partial charge in [0.1, 0.15) is 11.5 Å². The molecule has 2 aromatic heterocycles. The van der Waals surface area contributed by atoms with E-state index in [2.05, 4.69) is 15.0 Å². The lowest BCUT2D eigenvalue weighted by molar-refractivity contribution is 0.0669. The number of hydrogen-bond donors (Lipinski definition) is 1. The summed E-state index contributed by atoms with van der Waals surface area (Å²) in [5, 5.41) is 0.620. The number of aromatic nitrogens is 3. The van der Waals surface area contributed by atoms with Gasteiger partial charge in [-0.25, -0.2) is 9.97 Å². The molecule has 7 nitrogen and oxygen atoms in total. The number of para-hydroxylation sites is 1. The number of carbonyl (C=O) groups excluding carboxylic acids is 1. The zero-order chi connectivity index (χ0) is 20.3. The zero-order valence-electron chi connectivity index (χ0n) is 14.7. The molecule has 3 rings (SSSR count). The molecule has 0 atom stereocenters. The third-order valence-electron chi connectivity index (χ3n) is 3.97. The number of nitrogens with zero attached hydrogens (tertiary/aromatic N) is 3. The predicted octanol–water partition coefficient (Wildman–Crippen LogP) is 3.57. The molecule has 0 fully saturated rings. The summed E-state index contributed by atoms with van der Waals surface area (Å²) in [5.74, 6) is -0.166. The average molecular weight is 442 g/mol. The molecule has 2 heterocycles. The van der Waals surface area contributed by atoms with Gasteiger partial charge in [-0.05, 0) is 12.1 Å². The normalized spacial score (nSPS) is 11.0. The number of methoxy groups -OCH3 is 1. The van der Waals surface area contributed by atoms with Crippen LogP contribution in [0.4, 0.5) is 0 Å². The van der Waals surface area contributed by atoms with Crippen molar-refractivity contribution in [1.82, 2.24) is 19.9 Å². The Morgan fingerprint density at radius 1 is 1.21 bits per heavy atom. The number of H-pyrrole nitrogens is 1. The Bertz CT molecular complexity index is 1090. The van der Waals surface area contributed by atoms with Crippen molar-refractivity contribution in [3.8, 4) is 0 Å². The fourth-order valence-corrected chi connectivity index (χ4v) is 3.15. The molecule has 146 valence electrons. The maximum atomic E-state index is 13.0. The second kappa shape index (κ2) is 8.87. The molecule has 1 N–H and O–H groups in total. The van der Waals surface area contributed by atoms with Gasteiger partial charge in [0, 0.05) is 19.9 Å². The molecule has 0 unspecified atom stereocenters. The molecular formula is C18H15Cl3N4O3. The van der Waals surface area contributed by atoms with Crippen molar-refractivity contribution in [2.24, 2.45) is 0 Å². The maximum absolute atomic E-state index is 13.0. The van der Waals surface area contributed by atoms with Crippen LogP contribution < -0.4 is 5.56 Å². The number of ether oxygens (including phenoxy) is 1. The quantitative estimate of drug-likeness (QED) is 0.632. The van der Waals surface area contributed by atoms with Crippen LogP contribution in [0.2, 0.25) is 15.1 Å². The minimum atomic E-state index is -0.489. The highest BCUT2D eigenvalue weighted by Crippen LogP contribution is 2.31. The maximum Gasteiger partial charge on any atom is 0.274 e. The Hall–Kier alpha value is -2.19. The molecule has 0 radical (unpaired) electrons. The lowest BCUT2D eigenvalue weighted by atomic mass is 10.2. The molecule has 3 aromatic rings. The lowest BCUT2D eigenvalue weighted by Crippen LogP contribution is -2.35. The Balaban J connectivity index is 1.96. The molecule has 0 aliphatic rings. The van der Waals surface area contributed by atoms with Crippen molar-refractivity contribution in [3.05, 3.63) is 67.4 Å².